The first-order valence-corrected chi connectivity index (χ1v) is 20.9. The van der Waals surface area contributed by atoms with E-state index in [0.29, 0.717) is 23.0 Å². The summed E-state index contributed by atoms with van der Waals surface area (Å²) in [4.78, 5) is 27.0. The number of hydrogen-bond donors (Lipinski definition) is 0. The van der Waals surface area contributed by atoms with Crippen molar-refractivity contribution in [3.05, 3.63) is 59.7 Å². The molecule has 4 nitrogen and oxygen atoms in total. The second-order valence-corrected chi connectivity index (χ2v) is 20.3. The fraction of sp³-hybridized carbons (Fsp3) is 0.588. The molecule has 0 aromatic heterocycles. The molecule has 2 aromatic carbocycles. The van der Waals surface area contributed by atoms with E-state index in [2.05, 4.69) is 53.7 Å². The second kappa shape index (κ2) is 10.0. The summed E-state index contributed by atoms with van der Waals surface area (Å²) in [6.07, 6.45) is 6.63. The number of esters is 2. The standard InChI is InChI=1S/C34H42O4Se2/c1-31(2)21-15-17-33(31,5)27(19-21)37-29(35)23-11-7-9-13-25(23)39-40-26-14-10-8-12-24(26)30(36)38-28-20-22-16-18-34(28,6)32(22,3)4/h7-14,21-22,27-28H,15-20H2,1-6H3/t21-,22-,27+,28+,33+,34+/m0/s1. The van der Waals surface area contributed by atoms with Gasteiger partial charge in [-0.05, 0) is 0 Å². The minimum absolute atomic E-state index is 0.0204. The van der Waals surface area contributed by atoms with E-state index in [0.717, 1.165) is 34.6 Å². The van der Waals surface area contributed by atoms with Crippen molar-refractivity contribution in [2.45, 2.75) is 92.3 Å². The predicted octanol–water partition coefficient (Wildman–Crippen LogP) is 5.70. The molecule has 0 saturated heterocycles. The van der Waals surface area contributed by atoms with Gasteiger partial charge in [0, 0.05) is 0 Å². The number of ether oxygens (including phenoxy) is 2. The number of fused-ring (bicyclic) bond motifs is 4. The Morgan fingerprint density at radius 1 is 0.650 bits per heavy atom. The normalized spacial score (nSPS) is 34.6. The van der Waals surface area contributed by atoms with Crippen LogP contribution in [0.4, 0.5) is 0 Å². The first-order chi connectivity index (χ1) is 18.9. The van der Waals surface area contributed by atoms with Gasteiger partial charge in [-0.15, -0.1) is 0 Å². The van der Waals surface area contributed by atoms with Gasteiger partial charge in [0.15, 0.2) is 0 Å². The third-order valence-electron chi connectivity index (χ3n) is 12.4. The van der Waals surface area contributed by atoms with Crippen LogP contribution in [0.5, 0.6) is 0 Å². The SMILES string of the molecule is CC1(C)[C@H]2CC[C@]1(C)[C@H](OC(=O)c1ccccc1[Se][Se]c1ccccc1C(=O)O[C@@H]1C[C@@H]3CC[C@@]1(C)C3(C)C)C2. The molecule has 4 fully saturated rings. The zero-order valence-electron chi connectivity index (χ0n) is 24.6. The minimum atomic E-state index is -0.192. The summed E-state index contributed by atoms with van der Waals surface area (Å²) in [6.45, 7) is 14.0. The van der Waals surface area contributed by atoms with Crippen molar-refractivity contribution < 1.29 is 19.1 Å². The Morgan fingerprint density at radius 2 is 1.02 bits per heavy atom. The summed E-state index contributed by atoms with van der Waals surface area (Å²) in [5.41, 5.74) is 1.86. The average molecular weight is 673 g/mol. The molecule has 4 aliphatic carbocycles. The van der Waals surface area contributed by atoms with E-state index < -0.39 is 0 Å². The molecule has 0 spiro atoms. The Labute approximate surface area is 250 Å². The van der Waals surface area contributed by atoms with Gasteiger partial charge in [-0.1, -0.05) is 0 Å². The second-order valence-electron chi connectivity index (χ2n) is 14.2. The zero-order chi connectivity index (χ0) is 28.5. The van der Waals surface area contributed by atoms with Gasteiger partial charge < -0.3 is 0 Å². The number of rotatable bonds is 7. The molecule has 4 aliphatic rings. The van der Waals surface area contributed by atoms with Crippen LogP contribution in [-0.2, 0) is 9.47 Å². The molecule has 40 heavy (non-hydrogen) atoms. The first-order valence-electron chi connectivity index (χ1n) is 14.8. The van der Waals surface area contributed by atoms with Crippen LogP contribution in [-0.4, -0.2) is 50.4 Å². The molecule has 6 atom stereocenters. The summed E-state index contributed by atoms with van der Waals surface area (Å²) >= 11 is 0.0501. The number of benzene rings is 2. The molecule has 0 unspecified atom stereocenters. The van der Waals surface area contributed by atoms with E-state index in [1.807, 2.05) is 36.4 Å². The van der Waals surface area contributed by atoms with Crippen LogP contribution in [0, 0.1) is 33.5 Å². The van der Waals surface area contributed by atoms with E-state index in [-0.39, 0.29) is 72.1 Å². The fourth-order valence-corrected chi connectivity index (χ4v) is 15.6. The quantitative estimate of drug-likeness (QED) is 0.280. The monoisotopic (exact) mass is 674 g/mol. The van der Waals surface area contributed by atoms with Crippen molar-refractivity contribution in [1.82, 2.24) is 0 Å². The topological polar surface area (TPSA) is 52.6 Å². The Kier molecular flexibility index (Phi) is 7.14. The summed E-state index contributed by atoms with van der Waals surface area (Å²) in [7, 11) is 0. The molecule has 2 aromatic rings. The van der Waals surface area contributed by atoms with Crippen LogP contribution in [0.15, 0.2) is 48.5 Å². The van der Waals surface area contributed by atoms with Crippen molar-refractivity contribution in [3.8, 4) is 0 Å². The third kappa shape index (κ3) is 4.27. The van der Waals surface area contributed by atoms with Gasteiger partial charge in [0.1, 0.15) is 0 Å². The molecule has 0 radical (unpaired) electrons. The molecule has 214 valence electrons. The van der Waals surface area contributed by atoms with Crippen LogP contribution >= 0.6 is 0 Å². The zero-order valence-corrected chi connectivity index (χ0v) is 28.0. The van der Waals surface area contributed by atoms with Gasteiger partial charge in [-0.3, -0.25) is 0 Å². The summed E-state index contributed by atoms with van der Waals surface area (Å²) in [6, 6.07) is 15.8. The Morgan fingerprint density at radius 3 is 1.35 bits per heavy atom. The Balaban J connectivity index is 1.15. The molecule has 0 amide bonds. The number of carbonyl (C=O) groups excluding carboxylic acids is 2. The van der Waals surface area contributed by atoms with Crippen molar-refractivity contribution in [3.63, 3.8) is 0 Å². The van der Waals surface area contributed by atoms with E-state index in [9.17, 15) is 9.59 Å². The van der Waals surface area contributed by atoms with Crippen LogP contribution < -0.4 is 8.92 Å². The van der Waals surface area contributed by atoms with Crippen LogP contribution in [0.2, 0.25) is 0 Å². The molecule has 6 rings (SSSR count). The van der Waals surface area contributed by atoms with Gasteiger partial charge >= 0.3 is 252 Å². The summed E-state index contributed by atoms with van der Waals surface area (Å²) in [5, 5.41) is 0. The molecule has 6 heteroatoms. The number of hydrogen-bond acceptors (Lipinski definition) is 4. The van der Waals surface area contributed by atoms with E-state index in [4.69, 9.17) is 9.47 Å². The van der Waals surface area contributed by atoms with E-state index in [1.54, 1.807) is 0 Å². The van der Waals surface area contributed by atoms with Gasteiger partial charge in [-0.25, -0.2) is 0 Å². The first kappa shape index (κ1) is 28.5. The fourth-order valence-electron chi connectivity index (χ4n) is 8.51. The van der Waals surface area contributed by atoms with E-state index in [1.165, 1.54) is 12.8 Å². The van der Waals surface area contributed by atoms with Gasteiger partial charge in [0.25, 0.3) is 0 Å². The maximum atomic E-state index is 13.5. The van der Waals surface area contributed by atoms with Crippen molar-refractivity contribution >= 4 is 47.1 Å². The van der Waals surface area contributed by atoms with Crippen molar-refractivity contribution in [1.29, 1.82) is 0 Å². The third-order valence-corrected chi connectivity index (χ3v) is 19.6. The molecule has 0 aliphatic heterocycles. The van der Waals surface area contributed by atoms with Crippen molar-refractivity contribution in [2.24, 2.45) is 33.5 Å². The predicted molar refractivity (Wildman–Crippen MR) is 161 cm³/mol. The van der Waals surface area contributed by atoms with Gasteiger partial charge in [0.2, 0.25) is 0 Å². The molecular weight excluding hydrogens is 630 g/mol. The van der Waals surface area contributed by atoms with Gasteiger partial charge in [0.05, 0.1) is 0 Å². The number of carbonyl (C=O) groups is 2. The van der Waals surface area contributed by atoms with Crippen LogP contribution in [0.1, 0.15) is 101 Å². The summed E-state index contributed by atoms with van der Waals surface area (Å²) in [5.74, 6) is 0.871. The van der Waals surface area contributed by atoms with Gasteiger partial charge in [-0.2, -0.15) is 0 Å². The average Bonchev–Trinajstić information content (AvgIpc) is 3.44. The van der Waals surface area contributed by atoms with Crippen molar-refractivity contribution in [2.75, 3.05) is 0 Å². The molecule has 0 N–H and O–H groups in total. The molecule has 4 bridgehead atoms. The van der Waals surface area contributed by atoms with Crippen LogP contribution in [0.25, 0.3) is 0 Å². The Bertz CT molecular complexity index is 1230. The molecule has 0 heterocycles. The molecule has 4 saturated carbocycles. The summed E-state index contributed by atoms with van der Waals surface area (Å²) < 4.78 is 14.6. The van der Waals surface area contributed by atoms with Crippen LogP contribution in [0.3, 0.4) is 0 Å². The Hall–Kier alpha value is -1.58. The van der Waals surface area contributed by atoms with E-state index >= 15 is 0 Å². The molecular formula is C34H42O4Se2. The maximum absolute atomic E-state index is 13.5.